The molecule has 0 amide bonds. The second kappa shape index (κ2) is 4.48. The van der Waals surface area contributed by atoms with Crippen molar-refractivity contribution in [2.24, 2.45) is 0 Å². The van der Waals surface area contributed by atoms with Crippen LogP contribution in [-0.4, -0.2) is 15.3 Å². The van der Waals surface area contributed by atoms with Gasteiger partial charge in [-0.3, -0.25) is 5.10 Å². The maximum atomic E-state index is 13.0. The molecule has 20 heavy (non-hydrogen) atoms. The van der Waals surface area contributed by atoms with Gasteiger partial charge in [-0.25, -0.2) is 0 Å². The predicted octanol–water partition coefficient (Wildman–Crippen LogP) is 3.73. The highest BCUT2D eigenvalue weighted by atomic mass is 19.4. The third kappa shape index (κ3) is 2.18. The molecule has 0 unspecified atom stereocenters. The van der Waals surface area contributed by atoms with Crippen LogP contribution in [0, 0.1) is 0 Å². The highest BCUT2D eigenvalue weighted by Crippen LogP contribution is 2.42. The monoisotopic (exact) mass is 284 g/mol. The Kier molecular flexibility index (Phi) is 3.01. The third-order valence-corrected chi connectivity index (χ3v) is 4.06. The first-order valence-electron chi connectivity index (χ1n) is 6.67. The highest BCUT2D eigenvalue weighted by Gasteiger charge is 2.37. The van der Waals surface area contributed by atoms with Crippen molar-refractivity contribution in [2.75, 3.05) is 0 Å². The Bertz CT molecular complexity index is 627. The van der Waals surface area contributed by atoms with Crippen molar-refractivity contribution in [1.82, 2.24) is 10.2 Å². The SMILES string of the molecule is OC1(c2cc(C(F)(F)F)cc3cn[nH]c23)CCCCC1. The minimum atomic E-state index is -4.43. The summed E-state index contributed by atoms with van der Waals surface area (Å²) < 4.78 is 38.9. The molecule has 0 atom stereocenters. The number of hydrogen-bond acceptors (Lipinski definition) is 2. The summed E-state index contributed by atoms with van der Waals surface area (Å²) in [4.78, 5) is 0. The van der Waals surface area contributed by atoms with Gasteiger partial charge in [0.2, 0.25) is 0 Å². The molecule has 0 spiro atoms. The van der Waals surface area contributed by atoms with Crippen LogP contribution in [0.4, 0.5) is 13.2 Å². The van der Waals surface area contributed by atoms with Crippen LogP contribution in [-0.2, 0) is 11.8 Å². The van der Waals surface area contributed by atoms with Crippen molar-refractivity contribution in [1.29, 1.82) is 0 Å². The molecule has 0 bridgehead atoms. The lowest BCUT2D eigenvalue weighted by molar-refractivity contribution is -0.137. The minimum Gasteiger partial charge on any atom is -0.385 e. The van der Waals surface area contributed by atoms with E-state index in [1.165, 1.54) is 6.20 Å². The first kappa shape index (κ1) is 13.4. The third-order valence-electron chi connectivity index (χ3n) is 4.06. The number of aromatic nitrogens is 2. The molecule has 1 aliphatic rings. The zero-order valence-electron chi connectivity index (χ0n) is 10.8. The van der Waals surface area contributed by atoms with E-state index >= 15 is 0 Å². The maximum Gasteiger partial charge on any atom is 0.416 e. The Morgan fingerprint density at radius 2 is 1.85 bits per heavy atom. The molecule has 108 valence electrons. The van der Waals surface area contributed by atoms with Crippen LogP contribution in [0.25, 0.3) is 10.9 Å². The fraction of sp³-hybridized carbons (Fsp3) is 0.500. The molecule has 6 heteroatoms. The van der Waals surface area contributed by atoms with Gasteiger partial charge in [0.05, 0.1) is 22.9 Å². The Morgan fingerprint density at radius 1 is 1.15 bits per heavy atom. The maximum absolute atomic E-state index is 13.0. The topological polar surface area (TPSA) is 48.9 Å². The molecule has 1 aliphatic carbocycles. The molecule has 0 radical (unpaired) electrons. The fourth-order valence-electron chi connectivity index (χ4n) is 2.99. The molecule has 3 rings (SSSR count). The lowest BCUT2D eigenvalue weighted by atomic mass is 9.78. The van der Waals surface area contributed by atoms with Gasteiger partial charge in [0.15, 0.2) is 0 Å². The first-order chi connectivity index (χ1) is 9.40. The standard InChI is InChI=1S/C14H15F3N2O/c15-14(16,17)10-6-9-8-18-19-12(9)11(7-10)13(20)4-2-1-3-5-13/h6-8,20H,1-5H2,(H,18,19). The minimum absolute atomic E-state index is 0.319. The number of nitrogens with zero attached hydrogens (tertiary/aromatic N) is 1. The van der Waals surface area contributed by atoms with E-state index in [1.807, 2.05) is 0 Å². The van der Waals surface area contributed by atoms with Gasteiger partial charge >= 0.3 is 6.18 Å². The first-order valence-corrected chi connectivity index (χ1v) is 6.67. The lowest BCUT2D eigenvalue weighted by Gasteiger charge is -2.33. The van der Waals surface area contributed by atoms with Gasteiger partial charge in [-0.05, 0) is 25.0 Å². The molecule has 0 aliphatic heterocycles. The molecular weight excluding hydrogens is 269 g/mol. The summed E-state index contributed by atoms with van der Waals surface area (Å²) in [7, 11) is 0. The summed E-state index contributed by atoms with van der Waals surface area (Å²) in [6.45, 7) is 0. The molecule has 1 aromatic heterocycles. The van der Waals surface area contributed by atoms with E-state index in [4.69, 9.17) is 0 Å². The number of alkyl halides is 3. The number of fused-ring (bicyclic) bond motifs is 1. The van der Waals surface area contributed by atoms with Gasteiger partial charge in [0, 0.05) is 10.9 Å². The van der Waals surface area contributed by atoms with E-state index in [0.29, 0.717) is 29.3 Å². The average Bonchev–Trinajstić information content (AvgIpc) is 2.85. The molecule has 1 aromatic carbocycles. The molecule has 1 fully saturated rings. The van der Waals surface area contributed by atoms with Gasteiger partial charge in [-0.15, -0.1) is 0 Å². The normalized spacial score (nSPS) is 19.4. The predicted molar refractivity (Wildman–Crippen MR) is 68.1 cm³/mol. The van der Waals surface area contributed by atoms with Crippen molar-refractivity contribution in [2.45, 2.75) is 43.9 Å². The Hall–Kier alpha value is -1.56. The molecule has 0 saturated heterocycles. The number of rotatable bonds is 1. The van der Waals surface area contributed by atoms with E-state index < -0.39 is 17.3 Å². The van der Waals surface area contributed by atoms with E-state index in [9.17, 15) is 18.3 Å². The summed E-state index contributed by atoms with van der Waals surface area (Å²) in [6, 6.07) is 2.13. The zero-order chi connectivity index (χ0) is 14.4. The van der Waals surface area contributed by atoms with E-state index in [2.05, 4.69) is 10.2 Å². The average molecular weight is 284 g/mol. The number of benzene rings is 1. The van der Waals surface area contributed by atoms with Crippen molar-refractivity contribution in [3.8, 4) is 0 Å². The summed E-state index contributed by atoms with van der Waals surface area (Å²) in [5.74, 6) is 0. The number of aliphatic hydroxyl groups is 1. The van der Waals surface area contributed by atoms with Crippen LogP contribution in [0.1, 0.15) is 43.2 Å². The highest BCUT2D eigenvalue weighted by molar-refractivity contribution is 5.83. The van der Waals surface area contributed by atoms with Crippen LogP contribution >= 0.6 is 0 Å². The summed E-state index contributed by atoms with van der Waals surface area (Å²) in [6.07, 6.45) is 0.564. The Balaban J connectivity index is 2.20. The summed E-state index contributed by atoms with van der Waals surface area (Å²) in [5, 5.41) is 17.6. The molecule has 1 heterocycles. The van der Waals surface area contributed by atoms with Crippen molar-refractivity contribution >= 4 is 10.9 Å². The second-order valence-electron chi connectivity index (χ2n) is 5.45. The van der Waals surface area contributed by atoms with Crippen molar-refractivity contribution in [3.05, 3.63) is 29.5 Å². The van der Waals surface area contributed by atoms with E-state index in [-0.39, 0.29) is 0 Å². The van der Waals surface area contributed by atoms with E-state index in [0.717, 1.165) is 31.4 Å². The van der Waals surface area contributed by atoms with Crippen LogP contribution in [0.15, 0.2) is 18.3 Å². The van der Waals surface area contributed by atoms with Gasteiger partial charge in [0.25, 0.3) is 0 Å². The fourth-order valence-corrected chi connectivity index (χ4v) is 2.99. The smallest absolute Gasteiger partial charge is 0.385 e. The Morgan fingerprint density at radius 3 is 2.50 bits per heavy atom. The Labute approximate surface area is 113 Å². The van der Waals surface area contributed by atoms with Gasteiger partial charge in [-0.1, -0.05) is 19.3 Å². The van der Waals surface area contributed by atoms with Crippen LogP contribution in [0.5, 0.6) is 0 Å². The number of halogens is 3. The second-order valence-corrected chi connectivity index (χ2v) is 5.45. The number of aromatic amines is 1. The summed E-state index contributed by atoms with van der Waals surface area (Å²) in [5.41, 5.74) is -1.10. The van der Waals surface area contributed by atoms with Gasteiger partial charge in [0.1, 0.15) is 0 Å². The van der Waals surface area contributed by atoms with Crippen LogP contribution < -0.4 is 0 Å². The molecule has 1 saturated carbocycles. The lowest BCUT2D eigenvalue weighted by Crippen LogP contribution is -2.29. The van der Waals surface area contributed by atoms with Crippen molar-refractivity contribution in [3.63, 3.8) is 0 Å². The summed E-state index contributed by atoms with van der Waals surface area (Å²) >= 11 is 0. The van der Waals surface area contributed by atoms with Crippen molar-refractivity contribution < 1.29 is 18.3 Å². The number of H-pyrrole nitrogens is 1. The van der Waals surface area contributed by atoms with Gasteiger partial charge < -0.3 is 5.11 Å². The largest absolute Gasteiger partial charge is 0.416 e. The molecular formula is C14H15F3N2O. The van der Waals surface area contributed by atoms with E-state index in [1.54, 1.807) is 0 Å². The number of hydrogen-bond donors (Lipinski definition) is 2. The quantitative estimate of drug-likeness (QED) is 0.838. The molecule has 3 nitrogen and oxygen atoms in total. The molecule has 2 aromatic rings. The zero-order valence-corrected chi connectivity index (χ0v) is 10.8. The van der Waals surface area contributed by atoms with Crippen LogP contribution in [0.3, 0.4) is 0 Å². The van der Waals surface area contributed by atoms with Crippen LogP contribution in [0.2, 0.25) is 0 Å². The number of nitrogens with one attached hydrogen (secondary N) is 1. The van der Waals surface area contributed by atoms with Gasteiger partial charge in [-0.2, -0.15) is 18.3 Å². The molecule has 2 N–H and O–H groups in total.